The average molecular weight is 345 g/mol. The van der Waals surface area contributed by atoms with Crippen molar-refractivity contribution in [1.82, 2.24) is 4.90 Å². The maximum absolute atomic E-state index is 12.2. The molecule has 0 spiro atoms. The molecule has 134 valence electrons. The molecular weight excluding hydrogens is 323 g/mol. The van der Waals surface area contributed by atoms with Crippen LogP contribution in [0.15, 0.2) is 24.3 Å². The zero-order chi connectivity index (χ0) is 18.0. The van der Waals surface area contributed by atoms with Gasteiger partial charge in [0.2, 0.25) is 0 Å². The summed E-state index contributed by atoms with van der Waals surface area (Å²) in [6, 6.07) is 5.94. The van der Waals surface area contributed by atoms with Crippen molar-refractivity contribution in [3.05, 3.63) is 29.8 Å². The van der Waals surface area contributed by atoms with Crippen molar-refractivity contribution in [2.75, 3.05) is 13.1 Å². The molecule has 0 radical (unpaired) electrons. The number of amides is 1. The third-order valence-corrected chi connectivity index (χ3v) is 3.73. The van der Waals surface area contributed by atoms with E-state index < -0.39 is 12.0 Å². The van der Waals surface area contributed by atoms with Crippen LogP contribution in [0.1, 0.15) is 45.1 Å². The predicted molar refractivity (Wildman–Crippen MR) is 82.9 cm³/mol. The van der Waals surface area contributed by atoms with Crippen molar-refractivity contribution in [2.45, 2.75) is 51.5 Å². The van der Waals surface area contributed by atoms with Gasteiger partial charge < -0.3 is 14.4 Å². The Morgan fingerprint density at radius 1 is 1.08 bits per heavy atom. The number of piperidine rings is 1. The van der Waals surface area contributed by atoms with Crippen molar-refractivity contribution in [1.29, 1.82) is 0 Å². The molecule has 0 aliphatic carbocycles. The lowest BCUT2D eigenvalue weighted by Crippen LogP contribution is -2.41. The summed E-state index contributed by atoms with van der Waals surface area (Å²) in [7, 11) is 0. The second-order valence-electron chi connectivity index (χ2n) is 6.86. The molecule has 24 heavy (non-hydrogen) atoms. The Hall–Kier alpha value is -1.92. The Labute approximate surface area is 139 Å². The van der Waals surface area contributed by atoms with Gasteiger partial charge in [0.15, 0.2) is 0 Å². The summed E-state index contributed by atoms with van der Waals surface area (Å²) in [4.78, 5) is 13.7. The molecule has 1 aliphatic rings. The lowest BCUT2D eigenvalue weighted by Gasteiger charge is -2.33. The first kappa shape index (κ1) is 18.4. The van der Waals surface area contributed by atoms with Crippen molar-refractivity contribution >= 4 is 6.09 Å². The molecule has 7 heteroatoms. The van der Waals surface area contributed by atoms with Crippen LogP contribution >= 0.6 is 0 Å². The molecule has 1 fully saturated rings. The number of carbonyl (C=O) groups excluding carboxylic acids is 1. The molecular formula is C17H22F3NO3. The quantitative estimate of drug-likeness (QED) is 0.780. The molecule has 1 heterocycles. The van der Waals surface area contributed by atoms with E-state index in [4.69, 9.17) is 4.74 Å². The first-order valence-corrected chi connectivity index (χ1v) is 7.87. The van der Waals surface area contributed by atoms with Gasteiger partial charge in [-0.25, -0.2) is 4.79 Å². The number of hydrogen-bond acceptors (Lipinski definition) is 3. The zero-order valence-corrected chi connectivity index (χ0v) is 14.0. The van der Waals surface area contributed by atoms with Crippen LogP contribution in [0.25, 0.3) is 0 Å². The Morgan fingerprint density at radius 2 is 1.62 bits per heavy atom. The third kappa shape index (κ3) is 5.62. The highest BCUT2D eigenvalue weighted by atomic mass is 19.4. The summed E-state index contributed by atoms with van der Waals surface area (Å²) in [6.45, 7) is 6.60. The van der Waals surface area contributed by atoms with E-state index in [9.17, 15) is 18.0 Å². The fourth-order valence-electron chi connectivity index (χ4n) is 2.66. The van der Waals surface area contributed by atoms with E-state index in [2.05, 4.69) is 4.74 Å². The summed E-state index contributed by atoms with van der Waals surface area (Å²) in [5, 5.41) is 0. The van der Waals surface area contributed by atoms with Crippen LogP contribution in [0.5, 0.6) is 5.75 Å². The number of alkyl halides is 3. The molecule has 1 aromatic carbocycles. The van der Waals surface area contributed by atoms with Gasteiger partial charge in [-0.1, -0.05) is 12.1 Å². The lowest BCUT2D eigenvalue weighted by molar-refractivity contribution is -0.274. The first-order valence-electron chi connectivity index (χ1n) is 7.87. The Bertz CT molecular complexity index is 556. The van der Waals surface area contributed by atoms with E-state index in [0.29, 0.717) is 13.1 Å². The molecule has 0 bridgehead atoms. The van der Waals surface area contributed by atoms with E-state index in [-0.39, 0.29) is 17.8 Å². The molecule has 1 amide bonds. The molecule has 1 saturated heterocycles. The van der Waals surface area contributed by atoms with E-state index in [1.165, 1.54) is 12.1 Å². The summed E-state index contributed by atoms with van der Waals surface area (Å²) >= 11 is 0. The fourth-order valence-corrected chi connectivity index (χ4v) is 2.66. The molecule has 4 nitrogen and oxygen atoms in total. The minimum Gasteiger partial charge on any atom is -0.444 e. The number of ether oxygens (including phenoxy) is 2. The van der Waals surface area contributed by atoms with Gasteiger partial charge in [0.05, 0.1) is 0 Å². The van der Waals surface area contributed by atoms with Crippen LogP contribution in [0.4, 0.5) is 18.0 Å². The summed E-state index contributed by atoms with van der Waals surface area (Å²) in [5.74, 6) is -0.0129. The highest BCUT2D eigenvalue weighted by Crippen LogP contribution is 2.31. The first-order chi connectivity index (χ1) is 11.0. The van der Waals surface area contributed by atoms with Crippen molar-refractivity contribution < 1.29 is 27.4 Å². The molecule has 1 aromatic rings. The normalized spacial score (nSPS) is 16.8. The Morgan fingerprint density at radius 3 is 2.08 bits per heavy atom. The molecule has 0 aromatic heterocycles. The van der Waals surface area contributed by atoms with E-state index >= 15 is 0 Å². The maximum Gasteiger partial charge on any atom is 0.573 e. The van der Waals surface area contributed by atoms with Gasteiger partial charge >= 0.3 is 12.5 Å². The second-order valence-corrected chi connectivity index (χ2v) is 6.86. The number of likely N-dealkylation sites (tertiary alicyclic amines) is 1. The highest BCUT2D eigenvalue weighted by Gasteiger charge is 2.31. The average Bonchev–Trinajstić information content (AvgIpc) is 2.45. The standard InChI is InChI=1S/C17H22F3NO3/c1-16(2,3)24-15(22)21-10-8-13(9-11-21)12-4-6-14(7-5-12)23-17(18,19)20/h4-7,13H,8-11H2,1-3H3. The highest BCUT2D eigenvalue weighted by molar-refractivity contribution is 5.68. The number of rotatable bonds is 2. The molecule has 2 rings (SSSR count). The Balaban J connectivity index is 1.89. The summed E-state index contributed by atoms with van der Waals surface area (Å²) in [6.07, 6.45) is -3.51. The molecule has 0 unspecified atom stereocenters. The maximum atomic E-state index is 12.2. The fraction of sp³-hybridized carbons (Fsp3) is 0.588. The van der Waals surface area contributed by atoms with Gasteiger partial charge in [-0.15, -0.1) is 13.2 Å². The molecule has 0 atom stereocenters. The number of benzene rings is 1. The van der Waals surface area contributed by atoms with Gasteiger partial charge in [0, 0.05) is 13.1 Å². The van der Waals surface area contributed by atoms with Crippen LogP contribution < -0.4 is 4.74 Å². The van der Waals surface area contributed by atoms with Crippen LogP contribution in [0.3, 0.4) is 0 Å². The minimum atomic E-state index is -4.68. The van der Waals surface area contributed by atoms with Crippen LogP contribution in [0.2, 0.25) is 0 Å². The minimum absolute atomic E-state index is 0.212. The van der Waals surface area contributed by atoms with Crippen LogP contribution in [-0.4, -0.2) is 36.0 Å². The SMILES string of the molecule is CC(C)(C)OC(=O)N1CCC(c2ccc(OC(F)(F)F)cc2)CC1. The van der Waals surface area contributed by atoms with Gasteiger partial charge in [-0.05, 0) is 57.2 Å². The van der Waals surface area contributed by atoms with Gasteiger partial charge in [-0.3, -0.25) is 0 Å². The largest absolute Gasteiger partial charge is 0.573 e. The number of halogens is 3. The van der Waals surface area contributed by atoms with Gasteiger partial charge in [0.1, 0.15) is 11.4 Å². The molecule has 0 N–H and O–H groups in total. The van der Waals surface area contributed by atoms with Crippen molar-refractivity contribution in [3.63, 3.8) is 0 Å². The van der Waals surface area contributed by atoms with E-state index in [0.717, 1.165) is 18.4 Å². The zero-order valence-electron chi connectivity index (χ0n) is 14.0. The van der Waals surface area contributed by atoms with Crippen LogP contribution in [-0.2, 0) is 4.74 Å². The van der Waals surface area contributed by atoms with E-state index in [1.807, 2.05) is 20.8 Å². The third-order valence-electron chi connectivity index (χ3n) is 3.73. The van der Waals surface area contributed by atoms with E-state index in [1.54, 1.807) is 17.0 Å². The lowest BCUT2D eigenvalue weighted by atomic mass is 9.89. The van der Waals surface area contributed by atoms with Gasteiger partial charge in [0.25, 0.3) is 0 Å². The van der Waals surface area contributed by atoms with Crippen LogP contribution in [0, 0.1) is 0 Å². The molecule has 1 aliphatic heterocycles. The number of hydrogen-bond donors (Lipinski definition) is 0. The van der Waals surface area contributed by atoms with Crippen molar-refractivity contribution in [3.8, 4) is 5.75 Å². The monoisotopic (exact) mass is 345 g/mol. The number of nitrogens with zero attached hydrogens (tertiary/aromatic N) is 1. The molecule has 0 saturated carbocycles. The predicted octanol–water partition coefficient (Wildman–Crippen LogP) is 4.70. The second kappa shape index (κ2) is 6.91. The Kier molecular flexibility index (Phi) is 5.30. The topological polar surface area (TPSA) is 38.8 Å². The number of carbonyl (C=O) groups is 1. The van der Waals surface area contributed by atoms with Crippen molar-refractivity contribution in [2.24, 2.45) is 0 Å². The summed E-state index contributed by atoms with van der Waals surface area (Å²) < 4.78 is 45.7. The summed E-state index contributed by atoms with van der Waals surface area (Å²) in [5.41, 5.74) is 0.427. The smallest absolute Gasteiger partial charge is 0.444 e. The van der Waals surface area contributed by atoms with Gasteiger partial charge in [-0.2, -0.15) is 0 Å².